The zero-order chi connectivity index (χ0) is 18.9. The van der Waals surface area contributed by atoms with Crippen molar-refractivity contribution in [3.63, 3.8) is 0 Å². The van der Waals surface area contributed by atoms with Crippen molar-refractivity contribution in [2.24, 2.45) is 0 Å². The number of aromatic nitrogens is 5. The summed E-state index contributed by atoms with van der Waals surface area (Å²) >= 11 is 0. The molecule has 0 aliphatic carbocycles. The number of nitrogens with zero attached hydrogens (tertiary/aromatic N) is 5. The molecule has 0 aromatic carbocycles. The van der Waals surface area contributed by atoms with Gasteiger partial charge >= 0.3 is 6.18 Å². The van der Waals surface area contributed by atoms with E-state index in [1.807, 2.05) is 6.07 Å². The van der Waals surface area contributed by atoms with Crippen molar-refractivity contribution >= 4 is 11.7 Å². The first-order valence-electron chi connectivity index (χ1n) is 7.72. The summed E-state index contributed by atoms with van der Waals surface area (Å²) < 4.78 is 39.4. The summed E-state index contributed by atoms with van der Waals surface area (Å²) in [7, 11) is 0. The molecule has 10 heteroatoms. The minimum Gasteiger partial charge on any atom is -0.350 e. The fraction of sp³-hybridized carbons (Fsp3) is 0.312. The molecule has 3 aromatic rings. The minimum atomic E-state index is -4.66. The second kappa shape index (κ2) is 6.70. The summed E-state index contributed by atoms with van der Waals surface area (Å²) in [4.78, 5) is 23.8. The SMILES string of the molecule is Cc1nc2nc(C(F)(F)F)nn2c(C)c1CC(=O)NCc1ccccn1. The predicted octanol–water partition coefficient (Wildman–Crippen LogP) is 2.01. The maximum absolute atomic E-state index is 12.8. The second-order valence-corrected chi connectivity index (χ2v) is 5.68. The smallest absolute Gasteiger partial charge is 0.350 e. The third-order valence-corrected chi connectivity index (χ3v) is 3.83. The fourth-order valence-corrected chi connectivity index (χ4v) is 2.50. The maximum Gasteiger partial charge on any atom is 0.453 e. The van der Waals surface area contributed by atoms with E-state index < -0.39 is 12.0 Å². The molecule has 0 radical (unpaired) electrons. The molecule has 1 N–H and O–H groups in total. The van der Waals surface area contributed by atoms with Gasteiger partial charge in [-0.2, -0.15) is 18.2 Å². The summed E-state index contributed by atoms with van der Waals surface area (Å²) in [6, 6.07) is 5.36. The third-order valence-electron chi connectivity index (χ3n) is 3.83. The Morgan fingerprint density at radius 1 is 1.23 bits per heavy atom. The summed E-state index contributed by atoms with van der Waals surface area (Å²) in [6.45, 7) is 3.46. The Hall–Kier alpha value is -3.04. The Labute approximate surface area is 146 Å². The van der Waals surface area contributed by atoms with Gasteiger partial charge in [0.25, 0.3) is 11.6 Å². The molecule has 0 saturated carbocycles. The maximum atomic E-state index is 12.8. The van der Waals surface area contributed by atoms with Gasteiger partial charge < -0.3 is 5.32 Å². The molecule has 1 amide bonds. The Kier molecular flexibility index (Phi) is 4.58. The first-order chi connectivity index (χ1) is 12.3. The number of rotatable bonds is 4. The van der Waals surface area contributed by atoms with Crippen LogP contribution >= 0.6 is 0 Å². The van der Waals surface area contributed by atoms with Crippen LogP contribution in [-0.2, 0) is 23.9 Å². The topological polar surface area (TPSA) is 85.1 Å². The number of nitrogens with one attached hydrogen (secondary N) is 1. The molecule has 0 saturated heterocycles. The molecule has 0 fully saturated rings. The quantitative estimate of drug-likeness (QED) is 0.766. The normalized spacial score (nSPS) is 11.7. The van der Waals surface area contributed by atoms with Crippen LogP contribution in [0.4, 0.5) is 13.2 Å². The summed E-state index contributed by atoms with van der Waals surface area (Å²) in [5, 5.41) is 6.19. The molecule has 0 aliphatic heterocycles. The average Bonchev–Trinajstić information content (AvgIpc) is 3.02. The van der Waals surface area contributed by atoms with Crippen LogP contribution in [0.15, 0.2) is 24.4 Å². The molecule has 3 rings (SSSR count). The minimum absolute atomic E-state index is 0.0331. The van der Waals surface area contributed by atoms with Gasteiger partial charge in [-0.3, -0.25) is 9.78 Å². The van der Waals surface area contributed by atoms with E-state index in [9.17, 15) is 18.0 Å². The largest absolute Gasteiger partial charge is 0.453 e. The van der Waals surface area contributed by atoms with Crippen LogP contribution in [0.25, 0.3) is 5.78 Å². The number of hydrogen-bond acceptors (Lipinski definition) is 5. The molecule has 7 nitrogen and oxygen atoms in total. The van der Waals surface area contributed by atoms with Gasteiger partial charge in [-0.15, -0.1) is 5.10 Å². The Morgan fingerprint density at radius 3 is 2.65 bits per heavy atom. The highest BCUT2D eigenvalue weighted by molar-refractivity contribution is 5.79. The van der Waals surface area contributed by atoms with Crippen molar-refractivity contribution in [3.05, 3.63) is 52.9 Å². The number of carbonyl (C=O) groups is 1. The summed E-state index contributed by atoms with van der Waals surface area (Å²) in [5.74, 6) is -1.70. The van der Waals surface area contributed by atoms with Gasteiger partial charge in [-0.1, -0.05) is 6.07 Å². The first-order valence-corrected chi connectivity index (χ1v) is 7.72. The lowest BCUT2D eigenvalue weighted by atomic mass is 10.1. The van der Waals surface area contributed by atoms with E-state index in [-0.39, 0.29) is 24.7 Å². The lowest BCUT2D eigenvalue weighted by Gasteiger charge is -2.10. The summed E-state index contributed by atoms with van der Waals surface area (Å²) in [6.07, 6.45) is -3.07. The van der Waals surface area contributed by atoms with E-state index in [1.54, 1.807) is 32.2 Å². The van der Waals surface area contributed by atoms with E-state index in [4.69, 9.17) is 0 Å². The molecule has 136 valence electrons. The van der Waals surface area contributed by atoms with Crippen molar-refractivity contribution in [3.8, 4) is 0 Å². The molecule has 3 aromatic heterocycles. The van der Waals surface area contributed by atoms with Crippen molar-refractivity contribution in [1.29, 1.82) is 0 Å². The number of hydrogen-bond donors (Lipinski definition) is 1. The van der Waals surface area contributed by atoms with Crippen molar-refractivity contribution in [1.82, 2.24) is 29.9 Å². The average molecular weight is 364 g/mol. The van der Waals surface area contributed by atoms with Gasteiger partial charge in [0.05, 0.1) is 18.7 Å². The lowest BCUT2D eigenvalue weighted by Crippen LogP contribution is -2.26. The number of pyridine rings is 1. The molecule has 0 spiro atoms. The van der Waals surface area contributed by atoms with Crippen LogP contribution in [0.1, 0.15) is 28.5 Å². The molecule has 26 heavy (non-hydrogen) atoms. The molecule has 0 atom stereocenters. The zero-order valence-electron chi connectivity index (χ0n) is 14.0. The molecular formula is C16H15F3N6O. The van der Waals surface area contributed by atoms with Gasteiger partial charge in [0.2, 0.25) is 5.91 Å². The van der Waals surface area contributed by atoms with Crippen molar-refractivity contribution in [2.45, 2.75) is 33.0 Å². The van der Waals surface area contributed by atoms with E-state index >= 15 is 0 Å². The molecule has 0 bridgehead atoms. The molecular weight excluding hydrogens is 349 g/mol. The molecule has 3 heterocycles. The van der Waals surface area contributed by atoms with E-state index in [1.165, 1.54) is 0 Å². The first kappa shape index (κ1) is 17.8. The second-order valence-electron chi connectivity index (χ2n) is 5.68. The van der Waals surface area contributed by atoms with Crippen LogP contribution in [0, 0.1) is 13.8 Å². The summed E-state index contributed by atoms with van der Waals surface area (Å²) in [5.41, 5.74) is 2.04. The van der Waals surface area contributed by atoms with E-state index in [0.29, 0.717) is 22.6 Å². The van der Waals surface area contributed by atoms with Gasteiger partial charge in [-0.25, -0.2) is 9.50 Å². The van der Waals surface area contributed by atoms with Gasteiger partial charge in [0.1, 0.15) is 0 Å². The van der Waals surface area contributed by atoms with Crippen LogP contribution in [0.2, 0.25) is 0 Å². The number of carbonyl (C=O) groups excluding carboxylic acids is 1. The number of aryl methyl sites for hydroxylation is 2. The van der Waals surface area contributed by atoms with Crippen LogP contribution in [0.5, 0.6) is 0 Å². The number of halogens is 3. The van der Waals surface area contributed by atoms with Crippen LogP contribution in [0.3, 0.4) is 0 Å². The third kappa shape index (κ3) is 3.63. The number of amides is 1. The number of fused-ring (bicyclic) bond motifs is 1. The molecule has 0 aliphatic rings. The van der Waals surface area contributed by atoms with E-state index in [2.05, 4.69) is 25.4 Å². The highest BCUT2D eigenvalue weighted by Gasteiger charge is 2.37. The zero-order valence-corrected chi connectivity index (χ0v) is 14.0. The Balaban J connectivity index is 1.82. The highest BCUT2D eigenvalue weighted by atomic mass is 19.4. The van der Waals surface area contributed by atoms with Crippen molar-refractivity contribution in [2.75, 3.05) is 0 Å². The van der Waals surface area contributed by atoms with Crippen molar-refractivity contribution < 1.29 is 18.0 Å². The Morgan fingerprint density at radius 2 is 2.00 bits per heavy atom. The fourth-order valence-electron chi connectivity index (χ4n) is 2.50. The van der Waals surface area contributed by atoms with Gasteiger partial charge in [0, 0.05) is 23.1 Å². The number of alkyl halides is 3. The lowest BCUT2D eigenvalue weighted by molar-refractivity contribution is -0.144. The van der Waals surface area contributed by atoms with E-state index in [0.717, 1.165) is 4.52 Å². The van der Waals surface area contributed by atoms with Gasteiger partial charge in [0.15, 0.2) is 0 Å². The van der Waals surface area contributed by atoms with Crippen LogP contribution < -0.4 is 5.32 Å². The monoisotopic (exact) mass is 364 g/mol. The van der Waals surface area contributed by atoms with Gasteiger partial charge in [-0.05, 0) is 26.0 Å². The standard InChI is InChI=1S/C16H15F3N6O/c1-9-12(7-13(26)21-8-11-5-3-4-6-20-11)10(2)25-15(22-9)23-14(24-25)16(17,18)19/h3-6H,7-8H2,1-2H3,(H,21,26). The highest BCUT2D eigenvalue weighted by Crippen LogP contribution is 2.27. The predicted molar refractivity (Wildman–Crippen MR) is 85.0 cm³/mol. The molecule has 0 unspecified atom stereocenters. The van der Waals surface area contributed by atoms with Crippen LogP contribution in [-0.4, -0.2) is 30.5 Å². The Bertz CT molecular complexity index is 952.